The maximum absolute atomic E-state index is 12.1. The molecule has 6 nitrogen and oxygen atoms in total. The van der Waals surface area contributed by atoms with Crippen LogP contribution in [0.25, 0.3) is 0 Å². The molecule has 2 saturated heterocycles. The van der Waals surface area contributed by atoms with Crippen LogP contribution in [0.3, 0.4) is 0 Å². The van der Waals surface area contributed by atoms with Gasteiger partial charge in [0.2, 0.25) is 5.91 Å². The van der Waals surface area contributed by atoms with E-state index >= 15 is 0 Å². The molecule has 1 atom stereocenters. The highest BCUT2D eigenvalue weighted by molar-refractivity contribution is 14.0. The second-order valence-corrected chi connectivity index (χ2v) is 8.95. The first-order chi connectivity index (χ1) is 16.2. The summed E-state index contributed by atoms with van der Waals surface area (Å²) in [5, 5.41) is 3.58. The lowest BCUT2D eigenvalue weighted by Crippen LogP contribution is -2.53. The number of halogens is 1. The standard InChI is InChI=1S/C27H37N5O.HI/c1-3-25(22-10-5-4-6-11-22)30-16-18-31(19-17-30)27(28-2)29-20-23-12-7-8-13-24(23)21-32-15-9-14-26(32)33;/h4-8,10-13,25H,3,9,14-21H2,1-2H3,(H,28,29);1H. The summed E-state index contributed by atoms with van der Waals surface area (Å²) in [7, 11) is 1.86. The van der Waals surface area contributed by atoms with E-state index < -0.39 is 0 Å². The van der Waals surface area contributed by atoms with Gasteiger partial charge in [-0.1, -0.05) is 61.5 Å². The zero-order chi connectivity index (χ0) is 23.0. The molecule has 2 aromatic carbocycles. The molecule has 2 aliphatic rings. The van der Waals surface area contributed by atoms with Crippen LogP contribution < -0.4 is 5.32 Å². The summed E-state index contributed by atoms with van der Waals surface area (Å²) in [6.07, 6.45) is 2.77. The minimum atomic E-state index is 0. The second-order valence-electron chi connectivity index (χ2n) is 8.95. The molecular formula is C27H38IN5O. The number of carbonyl (C=O) groups excluding carboxylic acids is 1. The number of benzene rings is 2. The number of guanidine groups is 1. The van der Waals surface area contributed by atoms with Crippen molar-refractivity contribution in [1.82, 2.24) is 20.0 Å². The minimum Gasteiger partial charge on any atom is -0.352 e. The lowest BCUT2D eigenvalue weighted by Gasteiger charge is -2.40. The zero-order valence-electron chi connectivity index (χ0n) is 20.4. The molecule has 2 heterocycles. The third-order valence-corrected chi connectivity index (χ3v) is 6.93. The molecule has 0 radical (unpaired) electrons. The Morgan fingerprint density at radius 2 is 1.65 bits per heavy atom. The highest BCUT2D eigenvalue weighted by Crippen LogP contribution is 2.25. The van der Waals surface area contributed by atoms with E-state index in [1.54, 1.807) is 0 Å². The van der Waals surface area contributed by atoms with Crippen molar-refractivity contribution in [1.29, 1.82) is 0 Å². The van der Waals surface area contributed by atoms with Gasteiger partial charge in [-0.3, -0.25) is 14.7 Å². The minimum absolute atomic E-state index is 0. The lowest BCUT2D eigenvalue weighted by atomic mass is 10.0. The van der Waals surface area contributed by atoms with Gasteiger partial charge in [-0.05, 0) is 29.5 Å². The van der Waals surface area contributed by atoms with Gasteiger partial charge in [0, 0.05) is 65.3 Å². The first kappa shape index (κ1) is 26.5. The Labute approximate surface area is 221 Å². The van der Waals surface area contributed by atoms with Gasteiger partial charge in [0.15, 0.2) is 5.96 Å². The van der Waals surface area contributed by atoms with E-state index in [1.165, 1.54) is 16.7 Å². The molecule has 1 N–H and O–H groups in total. The Hall–Kier alpha value is -2.13. The summed E-state index contributed by atoms with van der Waals surface area (Å²) in [6, 6.07) is 19.7. The van der Waals surface area contributed by atoms with Crippen LogP contribution in [-0.2, 0) is 17.9 Å². The Balaban J connectivity index is 0.00000324. The fourth-order valence-corrected chi connectivity index (χ4v) is 5.09. The highest BCUT2D eigenvalue weighted by Gasteiger charge is 2.25. The van der Waals surface area contributed by atoms with Gasteiger partial charge in [0.05, 0.1) is 0 Å². The van der Waals surface area contributed by atoms with E-state index in [9.17, 15) is 4.79 Å². The van der Waals surface area contributed by atoms with E-state index in [2.05, 4.69) is 81.6 Å². The van der Waals surface area contributed by atoms with Crippen LogP contribution >= 0.6 is 24.0 Å². The monoisotopic (exact) mass is 575 g/mol. The second kappa shape index (κ2) is 13.1. The maximum atomic E-state index is 12.1. The van der Waals surface area contributed by atoms with Crippen LogP contribution in [0, 0.1) is 0 Å². The molecule has 34 heavy (non-hydrogen) atoms. The van der Waals surface area contributed by atoms with Crippen molar-refractivity contribution in [2.45, 2.75) is 45.3 Å². The van der Waals surface area contributed by atoms with Crippen LogP contribution in [-0.4, -0.2) is 66.3 Å². The van der Waals surface area contributed by atoms with Crippen LogP contribution in [0.2, 0.25) is 0 Å². The fourth-order valence-electron chi connectivity index (χ4n) is 5.09. The number of hydrogen-bond acceptors (Lipinski definition) is 3. The molecule has 1 unspecified atom stereocenters. The van der Waals surface area contributed by atoms with Crippen LogP contribution in [0.1, 0.15) is 48.9 Å². The molecule has 7 heteroatoms. The summed E-state index contributed by atoms with van der Waals surface area (Å²) in [4.78, 5) is 23.6. The number of likely N-dealkylation sites (tertiary alicyclic amines) is 1. The Morgan fingerprint density at radius 1 is 0.971 bits per heavy atom. The average Bonchev–Trinajstić information content (AvgIpc) is 3.26. The third-order valence-electron chi connectivity index (χ3n) is 6.93. The lowest BCUT2D eigenvalue weighted by molar-refractivity contribution is -0.128. The molecule has 0 saturated carbocycles. The molecule has 2 aromatic rings. The summed E-state index contributed by atoms with van der Waals surface area (Å²) in [5.74, 6) is 1.22. The van der Waals surface area contributed by atoms with Gasteiger partial charge < -0.3 is 15.1 Å². The predicted molar refractivity (Wildman–Crippen MR) is 149 cm³/mol. The number of carbonyl (C=O) groups is 1. The summed E-state index contributed by atoms with van der Waals surface area (Å²) in [5.41, 5.74) is 3.85. The molecular weight excluding hydrogens is 537 g/mol. The number of nitrogens with zero attached hydrogens (tertiary/aromatic N) is 4. The maximum Gasteiger partial charge on any atom is 0.222 e. The first-order valence-electron chi connectivity index (χ1n) is 12.3. The topological polar surface area (TPSA) is 51.2 Å². The third kappa shape index (κ3) is 6.50. The normalized spacial score (nSPS) is 18.1. The number of amides is 1. The average molecular weight is 576 g/mol. The fraction of sp³-hybridized carbons (Fsp3) is 0.481. The number of hydrogen-bond donors (Lipinski definition) is 1. The van der Waals surface area contributed by atoms with Crippen molar-refractivity contribution >= 4 is 35.8 Å². The first-order valence-corrected chi connectivity index (χ1v) is 12.3. The van der Waals surface area contributed by atoms with Crippen LogP contribution in [0.5, 0.6) is 0 Å². The molecule has 0 bridgehead atoms. The molecule has 184 valence electrons. The van der Waals surface area contributed by atoms with E-state index in [1.807, 2.05) is 11.9 Å². The summed E-state index contributed by atoms with van der Waals surface area (Å²) >= 11 is 0. The van der Waals surface area contributed by atoms with Crippen molar-refractivity contribution in [3.63, 3.8) is 0 Å². The highest BCUT2D eigenvalue weighted by atomic mass is 127. The predicted octanol–water partition coefficient (Wildman–Crippen LogP) is 4.27. The largest absolute Gasteiger partial charge is 0.352 e. The van der Waals surface area contributed by atoms with E-state index in [-0.39, 0.29) is 29.9 Å². The quantitative estimate of drug-likeness (QED) is 0.305. The number of rotatable bonds is 7. The Morgan fingerprint density at radius 3 is 2.26 bits per heavy atom. The molecule has 1 amide bonds. The number of nitrogens with one attached hydrogen (secondary N) is 1. The van der Waals surface area contributed by atoms with Crippen LogP contribution in [0.4, 0.5) is 0 Å². The zero-order valence-corrected chi connectivity index (χ0v) is 22.8. The molecule has 0 aliphatic carbocycles. The molecule has 0 aromatic heterocycles. The van der Waals surface area contributed by atoms with E-state index in [0.717, 1.165) is 51.5 Å². The molecule has 0 spiro atoms. The van der Waals surface area contributed by atoms with Gasteiger partial charge in [-0.25, -0.2) is 0 Å². The SMILES string of the molecule is CCC(c1ccccc1)N1CCN(C(=NC)NCc2ccccc2CN2CCCC2=O)CC1.I. The smallest absolute Gasteiger partial charge is 0.222 e. The summed E-state index contributed by atoms with van der Waals surface area (Å²) < 4.78 is 0. The van der Waals surface area contributed by atoms with E-state index in [0.29, 0.717) is 25.6 Å². The Bertz CT molecular complexity index is 943. The van der Waals surface area contributed by atoms with Gasteiger partial charge in [-0.2, -0.15) is 0 Å². The van der Waals surface area contributed by atoms with Crippen molar-refractivity contribution in [2.24, 2.45) is 4.99 Å². The number of piperazine rings is 1. The van der Waals surface area contributed by atoms with Crippen molar-refractivity contribution in [2.75, 3.05) is 39.8 Å². The summed E-state index contributed by atoms with van der Waals surface area (Å²) in [6.45, 7) is 8.55. The molecule has 2 fully saturated rings. The van der Waals surface area contributed by atoms with Gasteiger partial charge >= 0.3 is 0 Å². The van der Waals surface area contributed by atoms with Gasteiger partial charge in [0.25, 0.3) is 0 Å². The van der Waals surface area contributed by atoms with Crippen molar-refractivity contribution < 1.29 is 4.79 Å². The van der Waals surface area contributed by atoms with E-state index in [4.69, 9.17) is 0 Å². The van der Waals surface area contributed by atoms with Gasteiger partial charge in [0.1, 0.15) is 0 Å². The number of aliphatic imine (C=N–C) groups is 1. The molecule has 4 rings (SSSR count). The van der Waals surface area contributed by atoms with Crippen LogP contribution in [0.15, 0.2) is 59.6 Å². The van der Waals surface area contributed by atoms with Gasteiger partial charge in [-0.15, -0.1) is 24.0 Å². The molecule has 2 aliphatic heterocycles. The Kier molecular flexibility index (Phi) is 10.2. The van der Waals surface area contributed by atoms with Crippen molar-refractivity contribution in [3.05, 3.63) is 71.3 Å². The van der Waals surface area contributed by atoms with Crippen molar-refractivity contribution in [3.8, 4) is 0 Å².